The second-order valence-electron chi connectivity index (χ2n) is 4.91. The molecule has 1 N–H and O–H groups in total. The number of rotatable bonds is 7. The average molecular weight is 359 g/mol. The minimum atomic E-state index is -4.38. The van der Waals surface area contributed by atoms with Crippen LogP contribution in [0.1, 0.15) is 6.42 Å². The lowest BCUT2D eigenvalue weighted by Gasteiger charge is -2.08. The van der Waals surface area contributed by atoms with E-state index in [0.717, 1.165) is 10.1 Å². The van der Waals surface area contributed by atoms with Gasteiger partial charge in [0.25, 0.3) is 0 Å². The van der Waals surface area contributed by atoms with Gasteiger partial charge in [-0.1, -0.05) is 11.8 Å². The van der Waals surface area contributed by atoms with Crippen LogP contribution >= 0.6 is 11.8 Å². The van der Waals surface area contributed by atoms with E-state index in [2.05, 4.69) is 15.0 Å². The molecule has 1 heterocycles. The summed E-state index contributed by atoms with van der Waals surface area (Å²) in [5, 5.41) is 3.45. The molecule has 5 nitrogen and oxygen atoms in total. The predicted octanol–water partition coefficient (Wildman–Crippen LogP) is 3.48. The summed E-state index contributed by atoms with van der Waals surface area (Å²) in [6, 6.07) is 7.10. The van der Waals surface area contributed by atoms with E-state index in [-0.39, 0.29) is 13.0 Å². The van der Waals surface area contributed by atoms with Crippen LogP contribution < -0.4 is 5.32 Å². The van der Waals surface area contributed by atoms with E-state index in [1.54, 1.807) is 18.3 Å². The number of nitrogens with zero attached hydrogens (tertiary/aromatic N) is 2. The number of amides is 1. The molecule has 9 heteroatoms. The van der Waals surface area contributed by atoms with E-state index in [1.165, 1.54) is 11.8 Å². The van der Waals surface area contributed by atoms with Crippen LogP contribution in [0.25, 0.3) is 0 Å². The largest absolute Gasteiger partial charge is 0.411 e. The maximum Gasteiger partial charge on any atom is 0.411 e. The number of hydrogen-bond acceptors (Lipinski definition) is 4. The number of alkyl halides is 3. The molecule has 2 rings (SSSR count). The first-order valence-corrected chi connectivity index (χ1v) is 7.85. The fourth-order valence-corrected chi connectivity index (χ4v) is 2.54. The molecule has 1 aromatic heterocycles. The number of carbonyl (C=O) groups excluding carboxylic acids is 1. The van der Waals surface area contributed by atoms with E-state index in [9.17, 15) is 18.0 Å². The van der Waals surface area contributed by atoms with Crippen LogP contribution in [0.3, 0.4) is 0 Å². The van der Waals surface area contributed by atoms with Gasteiger partial charge in [0, 0.05) is 30.0 Å². The number of ether oxygens (including phenoxy) is 1. The lowest BCUT2D eigenvalue weighted by Crippen LogP contribution is -2.20. The molecule has 24 heavy (non-hydrogen) atoms. The van der Waals surface area contributed by atoms with Gasteiger partial charge in [-0.25, -0.2) is 4.98 Å². The Kier molecular flexibility index (Phi) is 6.27. The molecule has 2 aromatic rings. The average Bonchev–Trinajstić information content (AvgIpc) is 2.90. The fraction of sp³-hybridized carbons (Fsp3) is 0.333. The Morgan fingerprint density at radius 1 is 1.33 bits per heavy atom. The predicted molar refractivity (Wildman–Crippen MR) is 83.9 cm³/mol. The summed E-state index contributed by atoms with van der Waals surface area (Å²) in [6.07, 6.45) is -0.966. The maximum atomic E-state index is 11.9. The molecule has 0 aliphatic rings. The van der Waals surface area contributed by atoms with Gasteiger partial charge >= 0.3 is 6.18 Å². The molecule has 0 aliphatic heterocycles. The van der Waals surface area contributed by atoms with Crippen molar-refractivity contribution < 1.29 is 22.7 Å². The van der Waals surface area contributed by atoms with Crippen molar-refractivity contribution >= 4 is 23.4 Å². The van der Waals surface area contributed by atoms with E-state index in [0.29, 0.717) is 5.69 Å². The van der Waals surface area contributed by atoms with Crippen molar-refractivity contribution in [2.45, 2.75) is 22.6 Å². The molecule has 0 radical (unpaired) electrons. The summed E-state index contributed by atoms with van der Waals surface area (Å²) in [7, 11) is 1.89. The van der Waals surface area contributed by atoms with E-state index in [4.69, 9.17) is 0 Å². The Morgan fingerprint density at radius 3 is 2.62 bits per heavy atom. The molecule has 1 amide bonds. The van der Waals surface area contributed by atoms with E-state index < -0.39 is 18.7 Å². The molecular formula is C15H16F3N3O2S. The fourth-order valence-electron chi connectivity index (χ4n) is 1.74. The van der Waals surface area contributed by atoms with E-state index in [1.807, 2.05) is 29.9 Å². The van der Waals surface area contributed by atoms with Crippen molar-refractivity contribution in [3.8, 4) is 0 Å². The zero-order valence-electron chi connectivity index (χ0n) is 12.8. The number of carbonyl (C=O) groups is 1. The highest BCUT2D eigenvalue weighted by atomic mass is 32.2. The third-order valence-electron chi connectivity index (χ3n) is 2.86. The van der Waals surface area contributed by atoms with Crippen LogP contribution in [0.15, 0.2) is 46.7 Å². The minimum absolute atomic E-state index is 0.139. The molecule has 0 bridgehead atoms. The summed E-state index contributed by atoms with van der Waals surface area (Å²) in [5.41, 5.74) is 0.569. The van der Waals surface area contributed by atoms with Crippen molar-refractivity contribution in [3.63, 3.8) is 0 Å². The highest BCUT2D eigenvalue weighted by Crippen LogP contribution is 2.26. The second-order valence-corrected chi connectivity index (χ2v) is 5.95. The number of aryl methyl sites for hydroxylation is 1. The Hall–Kier alpha value is -2.00. The normalized spacial score (nSPS) is 11.5. The molecule has 130 valence electrons. The first kappa shape index (κ1) is 18.3. The van der Waals surface area contributed by atoms with Gasteiger partial charge in [-0.3, -0.25) is 4.79 Å². The third kappa shape index (κ3) is 6.25. The molecule has 0 aliphatic carbocycles. The lowest BCUT2D eigenvalue weighted by molar-refractivity contribution is -0.174. The van der Waals surface area contributed by atoms with Crippen molar-refractivity contribution in [2.24, 2.45) is 7.05 Å². The zero-order chi connectivity index (χ0) is 17.6. The number of halogens is 3. The van der Waals surface area contributed by atoms with Crippen LogP contribution in [0, 0.1) is 0 Å². The number of hydrogen-bond donors (Lipinski definition) is 1. The number of anilines is 1. The minimum Gasteiger partial charge on any atom is -0.372 e. The highest BCUT2D eigenvalue weighted by Gasteiger charge is 2.27. The topological polar surface area (TPSA) is 56.2 Å². The Balaban J connectivity index is 1.77. The van der Waals surface area contributed by atoms with Gasteiger partial charge in [-0.2, -0.15) is 13.2 Å². The van der Waals surface area contributed by atoms with Crippen molar-refractivity contribution in [1.82, 2.24) is 9.55 Å². The van der Waals surface area contributed by atoms with Crippen molar-refractivity contribution in [2.75, 3.05) is 18.5 Å². The summed E-state index contributed by atoms with van der Waals surface area (Å²) < 4.78 is 42.0. The van der Waals surface area contributed by atoms with Gasteiger partial charge in [-0.15, -0.1) is 0 Å². The number of imidazole rings is 1. The first-order chi connectivity index (χ1) is 11.3. The standard InChI is InChI=1S/C15H16F3N3O2S/c1-21-8-7-19-14(21)24-12-4-2-11(3-5-12)20-13(22)6-9-23-10-15(16,17)18/h2-5,7-8H,6,9-10H2,1H3,(H,20,22). The molecule has 0 saturated carbocycles. The summed E-state index contributed by atoms with van der Waals surface area (Å²) in [4.78, 5) is 16.8. The third-order valence-corrected chi connectivity index (χ3v) is 3.95. The lowest BCUT2D eigenvalue weighted by atomic mass is 10.3. The molecular weight excluding hydrogens is 343 g/mol. The highest BCUT2D eigenvalue weighted by molar-refractivity contribution is 7.99. The number of aromatic nitrogens is 2. The van der Waals surface area contributed by atoms with Crippen LogP contribution in [0.4, 0.5) is 18.9 Å². The smallest absolute Gasteiger partial charge is 0.372 e. The SMILES string of the molecule is Cn1ccnc1Sc1ccc(NC(=O)CCOCC(F)(F)F)cc1. The number of nitrogens with one attached hydrogen (secondary N) is 1. The summed E-state index contributed by atoms with van der Waals surface area (Å²) >= 11 is 1.48. The van der Waals surface area contributed by atoms with Crippen molar-refractivity contribution in [1.29, 1.82) is 0 Å². The molecule has 0 saturated heterocycles. The Morgan fingerprint density at radius 2 is 2.04 bits per heavy atom. The van der Waals surface area contributed by atoms with Gasteiger partial charge < -0.3 is 14.6 Å². The van der Waals surface area contributed by atoms with Gasteiger partial charge in [0.2, 0.25) is 5.91 Å². The summed E-state index contributed by atoms with van der Waals surface area (Å²) in [5.74, 6) is -0.401. The van der Waals surface area contributed by atoms with Crippen molar-refractivity contribution in [3.05, 3.63) is 36.7 Å². The quantitative estimate of drug-likeness (QED) is 0.769. The van der Waals surface area contributed by atoms with Gasteiger partial charge in [0.15, 0.2) is 5.16 Å². The van der Waals surface area contributed by atoms with Crippen LogP contribution in [-0.4, -0.2) is 34.8 Å². The zero-order valence-corrected chi connectivity index (χ0v) is 13.7. The van der Waals surface area contributed by atoms with Gasteiger partial charge in [-0.05, 0) is 24.3 Å². The molecule has 0 fully saturated rings. The van der Waals surface area contributed by atoms with Gasteiger partial charge in [0.1, 0.15) is 6.61 Å². The van der Waals surface area contributed by atoms with Crippen LogP contribution in [0.5, 0.6) is 0 Å². The van der Waals surface area contributed by atoms with Crippen LogP contribution in [0.2, 0.25) is 0 Å². The van der Waals surface area contributed by atoms with Gasteiger partial charge in [0.05, 0.1) is 13.0 Å². The van der Waals surface area contributed by atoms with Crippen LogP contribution in [-0.2, 0) is 16.6 Å². The first-order valence-electron chi connectivity index (χ1n) is 7.03. The Bertz CT molecular complexity index is 671. The second kappa shape index (κ2) is 8.20. The Labute approximate surface area is 141 Å². The summed E-state index contributed by atoms with van der Waals surface area (Å²) in [6.45, 7) is -1.63. The molecule has 0 atom stereocenters. The monoisotopic (exact) mass is 359 g/mol. The van der Waals surface area contributed by atoms with E-state index >= 15 is 0 Å². The number of benzene rings is 1. The maximum absolute atomic E-state index is 11.9. The molecule has 0 spiro atoms. The molecule has 0 unspecified atom stereocenters. The molecule has 1 aromatic carbocycles.